The van der Waals surface area contributed by atoms with E-state index in [1.807, 2.05) is 66.9 Å². The minimum absolute atomic E-state index is 0.291. The molecule has 0 spiro atoms. The van der Waals surface area contributed by atoms with E-state index in [-0.39, 0.29) is 6.09 Å². The van der Waals surface area contributed by atoms with Gasteiger partial charge in [-0.05, 0) is 35.9 Å². The van der Waals surface area contributed by atoms with Gasteiger partial charge >= 0.3 is 6.09 Å². The van der Waals surface area contributed by atoms with Gasteiger partial charge < -0.3 is 14.4 Å². The molecule has 0 unspecified atom stereocenters. The summed E-state index contributed by atoms with van der Waals surface area (Å²) in [7, 11) is 0. The lowest BCUT2D eigenvalue weighted by Gasteiger charge is -2.33. The van der Waals surface area contributed by atoms with E-state index in [9.17, 15) is 4.79 Å². The smallest absolute Gasteiger partial charge is 0.415 e. The maximum atomic E-state index is 12.5. The number of benzene rings is 1. The van der Waals surface area contributed by atoms with Gasteiger partial charge in [0, 0.05) is 69.7 Å². The average Bonchev–Trinajstić information content (AvgIpc) is 2.85. The molecule has 1 saturated heterocycles. The summed E-state index contributed by atoms with van der Waals surface area (Å²) in [6.45, 7) is 4.52. The standard InChI is InChI=1S/C25H28N4O3/c30-25(29-18-16-28(17-19-29)15-11-22-5-1-3-13-26-22)32-23-9-7-21(8-10-23)12-20-31-24-6-2-4-14-27-24/h1-10,13-14H,11-12,15-20H2. The molecule has 3 heterocycles. The first-order valence-corrected chi connectivity index (χ1v) is 11.0. The summed E-state index contributed by atoms with van der Waals surface area (Å²) in [4.78, 5) is 25.2. The predicted molar refractivity (Wildman–Crippen MR) is 122 cm³/mol. The summed E-state index contributed by atoms with van der Waals surface area (Å²) in [6.07, 6.45) is 4.92. The van der Waals surface area contributed by atoms with Gasteiger partial charge in [0.05, 0.1) is 6.61 Å². The number of aromatic nitrogens is 2. The molecule has 0 aliphatic carbocycles. The van der Waals surface area contributed by atoms with Crippen LogP contribution in [0.4, 0.5) is 4.79 Å². The summed E-state index contributed by atoms with van der Waals surface area (Å²) in [6, 6.07) is 19.2. The third-order valence-corrected chi connectivity index (χ3v) is 5.45. The molecule has 1 fully saturated rings. The van der Waals surface area contributed by atoms with Crippen LogP contribution in [0.2, 0.25) is 0 Å². The van der Waals surface area contributed by atoms with Gasteiger partial charge in [-0.1, -0.05) is 24.3 Å². The van der Waals surface area contributed by atoms with Crippen molar-refractivity contribution in [3.05, 3.63) is 84.3 Å². The fraction of sp³-hybridized carbons (Fsp3) is 0.320. The maximum Gasteiger partial charge on any atom is 0.415 e. The second-order valence-electron chi connectivity index (χ2n) is 7.68. The second kappa shape index (κ2) is 11.2. The Labute approximate surface area is 188 Å². The Kier molecular flexibility index (Phi) is 7.65. The second-order valence-corrected chi connectivity index (χ2v) is 7.68. The minimum atomic E-state index is -0.291. The lowest BCUT2D eigenvalue weighted by Crippen LogP contribution is -2.49. The summed E-state index contributed by atoms with van der Waals surface area (Å²) in [5.74, 6) is 1.18. The minimum Gasteiger partial charge on any atom is -0.477 e. The van der Waals surface area contributed by atoms with Gasteiger partial charge in [0.25, 0.3) is 0 Å². The van der Waals surface area contributed by atoms with Crippen LogP contribution in [0.1, 0.15) is 11.3 Å². The van der Waals surface area contributed by atoms with Gasteiger partial charge in [-0.2, -0.15) is 0 Å². The zero-order valence-electron chi connectivity index (χ0n) is 18.1. The highest BCUT2D eigenvalue weighted by molar-refractivity contribution is 5.70. The molecule has 166 valence electrons. The van der Waals surface area contributed by atoms with E-state index in [0.29, 0.717) is 31.3 Å². The SMILES string of the molecule is O=C(Oc1ccc(CCOc2ccccn2)cc1)N1CCN(CCc2ccccn2)CC1. The van der Waals surface area contributed by atoms with Gasteiger partial charge in [0.1, 0.15) is 5.75 Å². The first-order valence-electron chi connectivity index (χ1n) is 11.0. The van der Waals surface area contributed by atoms with Crippen molar-refractivity contribution in [2.75, 3.05) is 39.3 Å². The number of piperazine rings is 1. The molecule has 2 aromatic heterocycles. The number of amides is 1. The van der Waals surface area contributed by atoms with Crippen LogP contribution in [0.15, 0.2) is 73.1 Å². The number of nitrogens with zero attached hydrogens (tertiary/aromatic N) is 4. The highest BCUT2D eigenvalue weighted by Gasteiger charge is 2.22. The van der Waals surface area contributed by atoms with Crippen molar-refractivity contribution in [1.82, 2.24) is 19.8 Å². The highest BCUT2D eigenvalue weighted by Crippen LogP contribution is 2.15. The Morgan fingerprint density at radius 3 is 2.28 bits per heavy atom. The van der Waals surface area contributed by atoms with Gasteiger partial charge in [0.2, 0.25) is 5.88 Å². The van der Waals surface area contributed by atoms with Crippen molar-refractivity contribution in [1.29, 1.82) is 0 Å². The molecular weight excluding hydrogens is 404 g/mol. The average molecular weight is 433 g/mol. The van der Waals surface area contributed by atoms with Crippen LogP contribution in [0.3, 0.4) is 0 Å². The van der Waals surface area contributed by atoms with Crippen LogP contribution in [0, 0.1) is 0 Å². The molecule has 1 amide bonds. The Hall–Kier alpha value is -3.45. The number of rotatable bonds is 8. The Morgan fingerprint density at radius 1 is 0.844 bits per heavy atom. The van der Waals surface area contributed by atoms with Crippen molar-refractivity contribution < 1.29 is 14.3 Å². The summed E-state index contributed by atoms with van der Waals surface area (Å²) in [5, 5.41) is 0. The maximum absolute atomic E-state index is 12.5. The lowest BCUT2D eigenvalue weighted by atomic mass is 10.1. The lowest BCUT2D eigenvalue weighted by molar-refractivity contribution is 0.111. The topological polar surface area (TPSA) is 67.8 Å². The summed E-state index contributed by atoms with van der Waals surface area (Å²) >= 11 is 0. The third kappa shape index (κ3) is 6.52. The molecule has 7 nitrogen and oxygen atoms in total. The van der Waals surface area contributed by atoms with Crippen LogP contribution in [0.5, 0.6) is 11.6 Å². The molecule has 0 N–H and O–H groups in total. The van der Waals surface area contributed by atoms with E-state index in [2.05, 4.69) is 14.9 Å². The number of hydrogen-bond acceptors (Lipinski definition) is 6. The van der Waals surface area contributed by atoms with E-state index in [4.69, 9.17) is 9.47 Å². The van der Waals surface area contributed by atoms with Gasteiger partial charge in [0.15, 0.2) is 0 Å². The fourth-order valence-electron chi connectivity index (χ4n) is 3.57. The normalized spacial score (nSPS) is 14.2. The summed E-state index contributed by atoms with van der Waals surface area (Å²) < 4.78 is 11.2. The Bertz CT molecular complexity index is 959. The predicted octanol–water partition coefficient (Wildman–Crippen LogP) is 3.46. The number of carbonyl (C=O) groups excluding carboxylic acids is 1. The van der Waals surface area contributed by atoms with E-state index >= 15 is 0 Å². The molecule has 3 aromatic rings. The third-order valence-electron chi connectivity index (χ3n) is 5.45. The molecule has 1 aliphatic rings. The molecular formula is C25H28N4O3. The van der Waals surface area contributed by atoms with Crippen molar-refractivity contribution in [3.63, 3.8) is 0 Å². The molecule has 0 saturated carbocycles. The van der Waals surface area contributed by atoms with Crippen LogP contribution < -0.4 is 9.47 Å². The first kappa shape index (κ1) is 21.8. The highest BCUT2D eigenvalue weighted by atomic mass is 16.6. The quantitative estimate of drug-likeness (QED) is 0.543. The van der Waals surface area contributed by atoms with Gasteiger partial charge in [-0.3, -0.25) is 9.88 Å². The molecule has 4 rings (SSSR count). The molecule has 0 radical (unpaired) electrons. The molecule has 32 heavy (non-hydrogen) atoms. The van der Waals surface area contributed by atoms with Crippen molar-refractivity contribution in [2.24, 2.45) is 0 Å². The number of ether oxygens (including phenoxy) is 2. The van der Waals surface area contributed by atoms with Crippen molar-refractivity contribution in [2.45, 2.75) is 12.8 Å². The Balaban J connectivity index is 1.16. The molecule has 1 aliphatic heterocycles. The number of hydrogen-bond donors (Lipinski definition) is 0. The molecule has 0 bridgehead atoms. The number of carbonyl (C=O) groups is 1. The van der Waals surface area contributed by atoms with Crippen LogP contribution in [0.25, 0.3) is 0 Å². The summed E-state index contributed by atoms with van der Waals surface area (Å²) in [5.41, 5.74) is 2.21. The Morgan fingerprint density at radius 2 is 1.59 bits per heavy atom. The largest absolute Gasteiger partial charge is 0.477 e. The molecule has 0 atom stereocenters. The van der Waals surface area contributed by atoms with E-state index < -0.39 is 0 Å². The van der Waals surface area contributed by atoms with Gasteiger partial charge in [-0.25, -0.2) is 9.78 Å². The first-order chi connectivity index (χ1) is 15.8. The van der Waals surface area contributed by atoms with E-state index in [0.717, 1.165) is 43.7 Å². The zero-order chi connectivity index (χ0) is 22.0. The molecule has 1 aromatic carbocycles. The monoisotopic (exact) mass is 432 g/mol. The zero-order valence-corrected chi connectivity index (χ0v) is 18.1. The van der Waals surface area contributed by atoms with Crippen LogP contribution >= 0.6 is 0 Å². The van der Waals surface area contributed by atoms with Gasteiger partial charge in [-0.15, -0.1) is 0 Å². The fourth-order valence-corrected chi connectivity index (χ4v) is 3.57. The number of pyridine rings is 2. The van der Waals surface area contributed by atoms with Crippen LogP contribution in [-0.4, -0.2) is 65.2 Å². The molecule has 7 heteroatoms. The van der Waals surface area contributed by atoms with Crippen LogP contribution in [-0.2, 0) is 12.8 Å². The van der Waals surface area contributed by atoms with Crippen molar-refractivity contribution >= 4 is 6.09 Å². The van der Waals surface area contributed by atoms with E-state index in [1.165, 1.54) is 0 Å². The van der Waals surface area contributed by atoms with Crippen molar-refractivity contribution in [3.8, 4) is 11.6 Å². The van der Waals surface area contributed by atoms with E-state index in [1.54, 1.807) is 11.1 Å².